The monoisotopic (exact) mass is 488 g/mol. The van der Waals surface area contributed by atoms with Crippen LogP contribution in [0.5, 0.6) is 0 Å². The van der Waals surface area contributed by atoms with Crippen LogP contribution in [0.25, 0.3) is 0 Å². The zero-order valence-electron chi connectivity index (χ0n) is 25.7. The van der Waals surface area contributed by atoms with E-state index in [1.54, 1.807) is 11.1 Å². The van der Waals surface area contributed by atoms with E-state index >= 15 is 0 Å². The summed E-state index contributed by atoms with van der Waals surface area (Å²) in [5, 5.41) is 0. The lowest BCUT2D eigenvalue weighted by molar-refractivity contribution is 0.0601. The molecule has 36 heavy (non-hydrogen) atoms. The Morgan fingerprint density at radius 1 is 0.639 bits per heavy atom. The molecule has 0 aromatic carbocycles. The summed E-state index contributed by atoms with van der Waals surface area (Å²) in [7, 11) is 0. The Balaban J connectivity index is 1.59. The Hall–Kier alpha value is -1.04. The van der Waals surface area contributed by atoms with Gasteiger partial charge in [-0.1, -0.05) is 120 Å². The zero-order valence-corrected chi connectivity index (χ0v) is 25.7. The van der Waals surface area contributed by atoms with E-state index in [4.69, 9.17) is 0 Å². The molecule has 3 saturated carbocycles. The summed E-state index contributed by atoms with van der Waals surface area (Å²) in [4.78, 5) is 0. The fourth-order valence-corrected chi connectivity index (χ4v) is 9.97. The molecule has 5 rings (SSSR count). The van der Waals surface area contributed by atoms with Crippen LogP contribution in [0, 0.1) is 74.4 Å². The highest BCUT2D eigenvalue weighted by Gasteiger charge is 2.66. The first-order chi connectivity index (χ1) is 16.3. The van der Waals surface area contributed by atoms with Crippen LogP contribution >= 0.6 is 0 Å². The molecule has 0 spiro atoms. The molecule has 0 heterocycles. The smallest absolute Gasteiger partial charge is 0.00924 e. The Morgan fingerprint density at radius 3 is 1.50 bits per heavy atom. The maximum absolute atomic E-state index is 2.75. The first-order valence-corrected chi connectivity index (χ1v) is 15.1. The second kappa shape index (κ2) is 7.99. The topological polar surface area (TPSA) is 0 Å². The molecular formula is C36H56. The maximum Gasteiger partial charge on any atom is -0.00924 e. The average molecular weight is 489 g/mol. The van der Waals surface area contributed by atoms with Gasteiger partial charge in [-0.25, -0.2) is 0 Å². The molecule has 200 valence electrons. The fraction of sp³-hybridized carbons (Fsp3) is 0.778. The van der Waals surface area contributed by atoms with Crippen molar-refractivity contribution < 1.29 is 0 Å². The number of hydrogen-bond donors (Lipinski definition) is 0. The van der Waals surface area contributed by atoms with Crippen LogP contribution in [0.2, 0.25) is 0 Å². The molecule has 5 aliphatic rings. The van der Waals surface area contributed by atoms with Crippen LogP contribution in [0.15, 0.2) is 47.6 Å². The number of allylic oxidation sites excluding steroid dienone is 8. The normalized spacial score (nSPS) is 43.7. The van der Waals surface area contributed by atoms with E-state index in [0.29, 0.717) is 39.9 Å². The van der Waals surface area contributed by atoms with Gasteiger partial charge >= 0.3 is 0 Å². The summed E-state index contributed by atoms with van der Waals surface area (Å²) in [6, 6.07) is 0. The minimum absolute atomic E-state index is 0.214. The van der Waals surface area contributed by atoms with Crippen LogP contribution in [0.1, 0.15) is 102 Å². The second-order valence-electron chi connectivity index (χ2n) is 17.7. The number of hydrogen-bond acceptors (Lipinski definition) is 0. The van der Waals surface area contributed by atoms with E-state index < -0.39 is 0 Å². The van der Waals surface area contributed by atoms with E-state index in [2.05, 4.69) is 120 Å². The van der Waals surface area contributed by atoms with E-state index in [-0.39, 0.29) is 10.8 Å². The summed E-state index contributed by atoms with van der Waals surface area (Å²) in [6.07, 6.45) is 20.2. The minimum atomic E-state index is 0.214. The summed E-state index contributed by atoms with van der Waals surface area (Å²) in [5.41, 5.74) is 4.80. The lowest BCUT2D eigenvalue weighted by atomic mass is 9.59. The summed E-state index contributed by atoms with van der Waals surface area (Å²) in [6.45, 7) is 29.8. The van der Waals surface area contributed by atoms with Crippen molar-refractivity contribution in [2.75, 3.05) is 0 Å². The molecule has 0 amide bonds. The van der Waals surface area contributed by atoms with E-state index in [1.807, 2.05) is 0 Å². The molecule has 0 bridgehead atoms. The van der Waals surface area contributed by atoms with Gasteiger partial charge in [0.1, 0.15) is 0 Å². The van der Waals surface area contributed by atoms with Gasteiger partial charge < -0.3 is 0 Å². The zero-order chi connectivity index (χ0) is 26.6. The Kier molecular flexibility index (Phi) is 5.89. The van der Waals surface area contributed by atoms with Crippen molar-refractivity contribution in [3.8, 4) is 0 Å². The van der Waals surface area contributed by atoms with Gasteiger partial charge in [0.15, 0.2) is 0 Å². The van der Waals surface area contributed by atoms with Gasteiger partial charge in [0, 0.05) is 0 Å². The molecule has 0 aromatic rings. The van der Waals surface area contributed by atoms with Crippen LogP contribution in [-0.2, 0) is 0 Å². The first-order valence-electron chi connectivity index (χ1n) is 15.1. The van der Waals surface area contributed by atoms with Crippen molar-refractivity contribution in [2.24, 2.45) is 74.4 Å². The average Bonchev–Trinajstić information content (AvgIpc) is 3.37. The molecule has 8 atom stereocenters. The predicted octanol–water partition coefficient (Wildman–Crippen LogP) is 10.3. The highest BCUT2D eigenvalue weighted by Crippen LogP contribution is 2.72. The van der Waals surface area contributed by atoms with Gasteiger partial charge in [0.25, 0.3) is 0 Å². The molecule has 0 radical (unpaired) electrons. The third-order valence-corrected chi connectivity index (χ3v) is 11.9. The largest absolute Gasteiger partial charge is 0.0802 e. The van der Waals surface area contributed by atoms with Crippen LogP contribution < -0.4 is 0 Å². The summed E-state index contributed by atoms with van der Waals surface area (Å²) in [5.74, 6) is 5.96. The number of fused-ring (bicyclic) bond motifs is 4. The maximum atomic E-state index is 2.75. The standard InChI is InChI=1S/C36H56/c1-32(2,3)22-13-15-25-27(17-22)28-18-23(33(4,5)6)14-16-26(28)31(25)36(12)21-35(10,11)29-19-24(20-30(29)36)34(7,8)9/h13-18,24-31H,19-21H2,1-12H3. The third kappa shape index (κ3) is 4.07. The van der Waals surface area contributed by atoms with E-state index in [9.17, 15) is 0 Å². The lowest BCUT2D eigenvalue weighted by Crippen LogP contribution is -2.39. The second-order valence-corrected chi connectivity index (χ2v) is 17.7. The first kappa shape index (κ1) is 26.6. The molecule has 0 N–H and O–H groups in total. The van der Waals surface area contributed by atoms with Gasteiger partial charge in [-0.15, -0.1) is 0 Å². The van der Waals surface area contributed by atoms with Crippen molar-refractivity contribution in [3.63, 3.8) is 0 Å². The Morgan fingerprint density at radius 2 is 1.08 bits per heavy atom. The highest BCUT2D eigenvalue weighted by molar-refractivity contribution is 5.40. The Labute approximate surface area is 224 Å². The fourth-order valence-electron chi connectivity index (χ4n) is 9.97. The van der Waals surface area contributed by atoms with Gasteiger partial charge in [-0.3, -0.25) is 0 Å². The quantitative estimate of drug-likeness (QED) is 0.344. The summed E-state index contributed by atoms with van der Waals surface area (Å²) < 4.78 is 0. The summed E-state index contributed by atoms with van der Waals surface area (Å²) >= 11 is 0. The molecule has 8 unspecified atom stereocenters. The molecule has 0 aliphatic heterocycles. The van der Waals surface area contributed by atoms with Crippen molar-refractivity contribution in [3.05, 3.63) is 47.6 Å². The molecule has 0 heteroatoms. The van der Waals surface area contributed by atoms with Crippen molar-refractivity contribution in [1.29, 1.82) is 0 Å². The molecule has 5 aliphatic carbocycles. The number of rotatable bonds is 1. The molecule has 0 nitrogen and oxygen atoms in total. The van der Waals surface area contributed by atoms with Crippen molar-refractivity contribution in [1.82, 2.24) is 0 Å². The Bertz CT molecular complexity index is 954. The van der Waals surface area contributed by atoms with Crippen LogP contribution in [0.3, 0.4) is 0 Å². The van der Waals surface area contributed by atoms with Crippen molar-refractivity contribution in [2.45, 2.75) is 102 Å². The van der Waals surface area contributed by atoms with Crippen LogP contribution in [0.4, 0.5) is 0 Å². The third-order valence-electron chi connectivity index (χ3n) is 11.9. The van der Waals surface area contributed by atoms with Gasteiger partial charge in [-0.05, 0) is 105 Å². The molecule has 0 aromatic heterocycles. The van der Waals surface area contributed by atoms with Gasteiger partial charge in [0.2, 0.25) is 0 Å². The minimum Gasteiger partial charge on any atom is -0.0802 e. The van der Waals surface area contributed by atoms with Gasteiger partial charge in [-0.2, -0.15) is 0 Å². The SMILES string of the molecule is CC(C)(C)C1=CC2C3C=C(C(C)(C)C)C=CC3C(C3(C)CC(C)(C)C4CC(C(C)(C)C)CC43)C2C=C1. The van der Waals surface area contributed by atoms with E-state index in [0.717, 1.165) is 23.7 Å². The molecule has 0 saturated heterocycles. The highest BCUT2D eigenvalue weighted by atomic mass is 14.7. The predicted molar refractivity (Wildman–Crippen MR) is 156 cm³/mol. The lowest BCUT2D eigenvalue weighted by Gasteiger charge is -2.45. The van der Waals surface area contributed by atoms with Gasteiger partial charge in [0.05, 0.1) is 0 Å². The van der Waals surface area contributed by atoms with Crippen molar-refractivity contribution >= 4 is 0 Å². The van der Waals surface area contributed by atoms with E-state index in [1.165, 1.54) is 19.3 Å². The molecule has 3 fully saturated rings. The molecular weight excluding hydrogens is 432 g/mol. The van der Waals surface area contributed by atoms with Crippen LogP contribution in [-0.4, -0.2) is 0 Å².